The van der Waals surface area contributed by atoms with Gasteiger partial charge in [0.05, 0.1) is 0 Å². The average molecular weight is 744 g/mol. The van der Waals surface area contributed by atoms with E-state index in [4.69, 9.17) is 10.6 Å². The van der Waals surface area contributed by atoms with Gasteiger partial charge in [0.15, 0.2) is 28.0 Å². The van der Waals surface area contributed by atoms with Crippen LogP contribution in [0, 0.1) is 0 Å². The SMILES string of the molecule is Nc1nc(C(=NOCc2ccc(O)c(O)c2C(=O)O)C(=O)N[C@@H]2C(=O)N3C(C(=O)O)=C(CSc4cc(C(=O)O)nc5ncnn45)CS[C@H]23)cs1. The summed E-state index contributed by atoms with van der Waals surface area (Å²) in [4.78, 5) is 80.5. The van der Waals surface area contributed by atoms with E-state index in [-0.39, 0.29) is 45.1 Å². The summed E-state index contributed by atoms with van der Waals surface area (Å²) in [6.45, 7) is -0.562. The van der Waals surface area contributed by atoms with Gasteiger partial charge >= 0.3 is 17.9 Å². The van der Waals surface area contributed by atoms with Crippen molar-refractivity contribution < 1.29 is 54.3 Å². The minimum Gasteiger partial charge on any atom is -0.504 e. The Labute approximate surface area is 290 Å². The van der Waals surface area contributed by atoms with Gasteiger partial charge in [0.1, 0.15) is 46.3 Å². The molecule has 1 saturated heterocycles. The summed E-state index contributed by atoms with van der Waals surface area (Å²) in [5.41, 5.74) is 4.32. The molecule has 20 nitrogen and oxygen atoms in total. The zero-order chi connectivity index (χ0) is 35.9. The predicted molar refractivity (Wildman–Crippen MR) is 173 cm³/mol. The molecule has 0 unspecified atom stereocenters. The molecule has 23 heteroatoms. The maximum atomic E-state index is 13.5. The molecule has 5 heterocycles. The lowest BCUT2D eigenvalue weighted by atomic mass is 10.0. The zero-order valence-electron chi connectivity index (χ0n) is 24.8. The Bertz CT molecular complexity index is 2170. The molecule has 1 fully saturated rings. The molecular formula is C27H21N9O11S3. The Kier molecular flexibility index (Phi) is 9.18. The third-order valence-electron chi connectivity index (χ3n) is 7.18. The minimum absolute atomic E-state index is 0.0349. The minimum atomic E-state index is -1.56. The average Bonchev–Trinajstić information content (AvgIpc) is 3.74. The number of hydrogen-bond acceptors (Lipinski definition) is 17. The monoisotopic (exact) mass is 743 g/mol. The number of nitrogens with one attached hydrogen (secondary N) is 1. The van der Waals surface area contributed by atoms with Crippen LogP contribution in [0.2, 0.25) is 0 Å². The van der Waals surface area contributed by atoms with Gasteiger partial charge in [0.2, 0.25) is 0 Å². The number of phenolic OH excluding ortho intramolecular Hbond substituents is 1. The van der Waals surface area contributed by atoms with Crippen LogP contribution in [0.3, 0.4) is 0 Å². The third-order valence-corrected chi connectivity index (χ3v) is 10.3. The smallest absolute Gasteiger partial charge is 0.354 e. The van der Waals surface area contributed by atoms with Crippen molar-refractivity contribution in [2.45, 2.75) is 23.0 Å². The summed E-state index contributed by atoms with van der Waals surface area (Å²) in [7, 11) is 0. The summed E-state index contributed by atoms with van der Waals surface area (Å²) in [6.07, 6.45) is 1.19. The number of rotatable bonds is 12. The Morgan fingerprint density at radius 1 is 1.10 bits per heavy atom. The number of aromatic carboxylic acids is 2. The van der Waals surface area contributed by atoms with Crippen LogP contribution in [0.1, 0.15) is 32.1 Å². The van der Waals surface area contributed by atoms with Crippen molar-refractivity contribution in [2.75, 3.05) is 17.2 Å². The number of amides is 2. The number of anilines is 1. The highest BCUT2D eigenvalue weighted by Gasteiger charge is 2.54. The van der Waals surface area contributed by atoms with E-state index in [1.807, 2.05) is 0 Å². The van der Waals surface area contributed by atoms with Crippen molar-refractivity contribution in [3.05, 3.63) is 63.7 Å². The van der Waals surface area contributed by atoms with Crippen LogP contribution in [-0.2, 0) is 25.8 Å². The molecule has 3 aromatic heterocycles. The topological polar surface area (TPSA) is 305 Å². The molecule has 1 aromatic carbocycles. The van der Waals surface area contributed by atoms with Gasteiger partial charge < -0.3 is 41.4 Å². The first-order chi connectivity index (χ1) is 23.8. The number of oxime groups is 1. The molecule has 4 aromatic rings. The van der Waals surface area contributed by atoms with Crippen LogP contribution in [0.5, 0.6) is 11.5 Å². The summed E-state index contributed by atoms with van der Waals surface area (Å²) < 4.78 is 1.30. The van der Waals surface area contributed by atoms with Crippen molar-refractivity contribution in [1.29, 1.82) is 0 Å². The maximum absolute atomic E-state index is 13.5. The van der Waals surface area contributed by atoms with E-state index < -0.39 is 70.5 Å². The van der Waals surface area contributed by atoms with E-state index in [0.29, 0.717) is 10.6 Å². The first-order valence-electron chi connectivity index (χ1n) is 13.8. The molecule has 0 bridgehead atoms. The maximum Gasteiger partial charge on any atom is 0.354 e. The molecular weight excluding hydrogens is 723 g/mol. The lowest BCUT2D eigenvalue weighted by Gasteiger charge is -2.49. The van der Waals surface area contributed by atoms with Crippen LogP contribution < -0.4 is 11.1 Å². The summed E-state index contributed by atoms with van der Waals surface area (Å²) >= 11 is 3.24. The Hall–Kier alpha value is -5.94. The van der Waals surface area contributed by atoms with Crippen LogP contribution in [0.25, 0.3) is 5.78 Å². The van der Waals surface area contributed by atoms with Gasteiger partial charge in [0, 0.05) is 28.5 Å². The zero-order valence-corrected chi connectivity index (χ0v) is 27.2. The van der Waals surface area contributed by atoms with E-state index >= 15 is 0 Å². The highest BCUT2D eigenvalue weighted by Crippen LogP contribution is 2.42. The molecule has 50 heavy (non-hydrogen) atoms. The number of aromatic nitrogens is 5. The molecule has 2 aliphatic heterocycles. The predicted octanol–water partition coefficient (Wildman–Crippen LogP) is 0.422. The standard InChI is InChI=1S/C27H21N9O11S3/c28-26-31-12(7-50-26)16(34-47-4-9-1-2-13(37)19(38)15(9)24(43)44)20(39)33-17-21(40)35-18(25(45)46)10(6-49-22(17)35)5-48-14-3-11(23(41)42)32-27-29-8-30-36(14)27/h1-3,7-8,17,22,37-38H,4-6H2,(H2,28,31)(H,33,39)(H,41,42)(H,43,44)(H,45,46)/t17-,22-/m1/s1. The molecule has 6 rings (SSSR count). The molecule has 2 atom stereocenters. The third kappa shape index (κ3) is 6.30. The highest BCUT2D eigenvalue weighted by atomic mass is 32.2. The number of phenols is 2. The Morgan fingerprint density at radius 2 is 1.88 bits per heavy atom. The number of carboxylic acid groups (broad SMARTS) is 3. The number of nitrogen functional groups attached to an aromatic ring is 1. The molecule has 8 N–H and O–H groups in total. The van der Waals surface area contributed by atoms with Gasteiger partial charge in [-0.2, -0.15) is 14.6 Å². The van der Waals surface area contributed by atoms with E-state index in [2.05, 4.69) is 30.5 Å². The van der Waals surface area contributed by atoms with Crippen LogP contribution in [0.15, 0.2) is 51.4 Å². The summed E-state index contributed by atoms with van der Waals surface area (Å²) in [6, 6.07) is 2.31. The molecule has 2 aliphatic rings. The highest BCUT2D eigenvalue weighted by molar-refractivity contribution is 8.01. The number of hydrogen-bond donors (Lipinski definition) is 7. The van der Waals surface area contributed by atoms with Crippen molar-refractivity contribution >= 4 is 81.2 Å². The number of nitrogens with zero attached hydrogens (tertiary/aromatic N) is 7. The quantitative estimate of drug-likeness (QED) is 0.0258. The van der Waals surface area contributed by atoms with Gasteiger partial charge in [-0.15, -0.1) is 34.9 Å². The Morgan fingerprint density at radius 3 is 2.56 bits per heavy atom. The molecule has 0 spiro atoms. The number of nitrogens with two attached hydrogens (primary N) is 1. The van der Waals surface area contributed by atoms with Gasteiger partial charge in [-0.1, -0.05) is 11.2 Å². The number of β-lactam (4-membered cyclic amide) rings is 1. The number of fused-ring (bicyclic) bond motifs is 2. The number of carbonyl (C=O) groups is 5. The molecule has 0 saturated carbocycles. The van der Waals surface area contributed by atoms with Gasteiger partial charge in [0.25, 0.3) is 17.6 Å². The van der Waals surface area contributed by atoms with E-state index in [1.165, 1.54) is 40.1 Å². The van der Waals surface area contributed by atoms with Crippen LogP contribution in [-0.4, -0.2) is 113 Å². The van der Waals surface area contributed by atoms with E-state index in [0.717, 1.165) is 34.1 Å². The number of thiazole rings is 1. The normalized spacial score (nSPS) is 17.3. The number of benzene rings is 1. The summed E-state index contributed by atoms with van der Waals surface area (Å²) in [5, 5.41) is 59.9. The van der Waals surface area contributed by atoms with E-state index in [9.17, 15) is 49.5 Å². The molecule has 0 aliphatic carbocycles. The first kappa shape index (κ1) is 33.9. The number of aromatic hydroxyl groups is 2. The fraction of sp³-hybridized carbons (Fsp3) is 0.185. The van der Waals surface area contributed by atoms with Crippen molar-refractivity contribution in [2.24, 2.45) is 5.16 Å². The second-order valence-electron chi connectivity index (χ2n) is 10.2. The second kappa shape index (κ2) is 13.5. The van der Waals surface area contributed by atoms with Crippen molar-refractivity contribution in [3.63, 3.8) is 0 Å². The lowest BCUT2D eigenvalue weighted by molar-refractivity contribution is -0.150. The Balaban J connectivity index is 1.19. The fourth-order valence-electron chi connectivity index (χ4n) is 4.91. The second-order valence-corrected chi connectivity index (χ2v) is 13.2. The first-order valence-corrected chi connectivity index (χ1v) is 16.7. The summed E-state index contributed by atoms with van der Waals surface area (Å²) in [5.74, 6) is -7.23. The number of aliphatic carboxylic acids is 1. The molecule has 0 radical (unpaired) electrons. The van der Waals surface area contributed by atoms with Crippen molar-refractivity contribution in [3.8, 4) is 11.5 Å². The number of carbonyl (C=O) groups excluding carboxylic acids is 2. The van der Waals surface area contributed by atoms with Gasteiger partial charge in [-0.05, 0) is 11.6 Å². The van der Waals surface area contributed by atoms with Crippen molar-refractivity contribution in [1.82, 2.24) is 34.8 Å². The van der Waals surface area contributed by atoms with Gasteiger partial charge in [-0.25, -0.2) is 24.4 Å². The lowest BCUT2D eigenvalue weighted by Crippen LogP contribution is -2.71. The number of carboxylic acids is 3. The largest absolute Gasteiger partial charge is 0.504 e. The van der Waals surface area contributed by atoms with E-state index in [1.54, 1.807) is 0 Å². The number of thioether (sulfide) groups is 2. The fourth-order valence-corrected chi connectivity index (χ4v) is 7.94. The van der Waals surface area contributed by atoms with Crippen LogP contribution >= 0.6 is 34.9 Å². The molecule has 258 valence electrons. The van der Waals surface area contributed by atoms with Crippen LogP contribution in [0.4, 0.5) is 5.13 Å². The van der Waals surface area contributed by atoms with Gasteiger partial charge in [-0.3, -0.25) is 14.5 Å². The molecule has 2 amide bonds.